The van der Waals surface area contributed by atoms with E-state index in [1.807, 2.05) is 12.4 Å². The van der Waals surface area contributed by atoms with Gasteiger partial charge in [-0.25, -0.2) is 0 Å². The molecule has 0 radical (unpaired) electrons. The predicted octanol–water partition coefficient (Wildman–Crippen LogP) is 11.2. The van der Waals surface area contributed by atoms with Crippen LogP contribution >= 0.6 is 0 Å². The van der Waals surface area contributed by atoms with Crippen LogP contribution in [0, 0.1) is 5.92 Å². The molecular weight excluding hydrogens is 689 g/mol. The summed E-state index contributed by atoms with van der Waals surface area (Å²) in [7, 11) is 0. The number of aromatic hydroxyl groups is 2. The summed E-state index contributed by atoms with van der Waals surface area (Å²) in [4.78, 5) is 16.5. The number of benzene rings is 2. The monoisotopic (exact) mass is 767 g/mol. The molecule has 1 aliphatic heterocycles. The number of nitrogens with zero attached hydrogens (tertiary/aromatic N) is 4. The number of hydrogen-bond donors (Lipinski definition) is 2. The first-order valence-electron chi connectivity index (χ1n) is 22.4. The number of likely N-dealkylation sites (tertiary alicyclic amines) is 1. The zero-order valence-electron chi connectivity index (χ0n) is 37.7. The van der Waals surface area contributed by atoms with Crippen LogP contribution in [-0.2, 0) is 21.7 Å². The van der Waals surface area contributed by atoms with Crippen molar-refractivity contribution in [2.75, 3.05) is 13.1 Å². The van der Waals surface area contributed by atoms with E-state index in [1.54, 1.807) is 0 Å². The highest BCUT2D eigenvalue weighted by molar-refractivity contribution is 5.86. The van der Waals surface area contributed by atoms with Gasteiger partial charge in [-0.2, -0.15) is 0 Å². The lowest BCUT2D eigenvalue weighted by atomic mass is 9.79. The van der Waals surface area contributed by atoms with Gasteiger partial charge in [-0.05, 0) is 76.5 Å². The first-order valence-corrected chi connectivity index (χ1v) is 22.4. The van der Waals surface area contributed by atoms with Crippen molar-refractivity contribution >= 4 is 12.4 Å². The molecule has 0 bridgehead atoms. The summed E-state index contributed by atoms with van der Waals surface area (Å²) in [6.45, 7) is 30.6. The molecule has 56 heavy (non-hydrogen) atoms. The molecule has 4 aliphatic rings. The van der Waals surface area contributed by atoms with Crippen molar-refractivity contribution in [2.45, 2.75) is 212 Å². The van der Waals surface area contributed by atoms with E-state index in [0.29, 0.717) is 29.5 Å². The third-order valence-corrected chi connectivity index (χ3v) is 13.8. The summed E-state index contributed by atoms with van der Waals surface area (Å²) in [5.41, 5.74) is 5.34. The molecule has 1 heterocycles. The molecular formula is C50H78N4O2. The molecule has 2 aromatic rings. The topological polar surface area (TPSA) is 71.7 Å². The van der Waals surface area contributed by atoms with E-state index < -0.39 is 0 Å². The molecule has 1 saturated heterocycles. The minimum atomic E-state index is -0.208. The molecule has 6 nitrogen and oxygen atoms in total. The lowest BCUT2D eigenvalue weighted by Gasteiger charge is -2.43. The smallest absolute Gasteiger partial charge is 0.128 e. The fourth-order valence-electron chi connectivity index (χ4n) is 10.2. The minimum absolute atomic E-state index is 0.0664. The van der Waals surface area contributed by atoms with Crippen LogP contribution in [0.4, 0.5) is 0 Å². The minimum Gasteiger partial charge on any atom is -0.507 e. The van der Waals surface area contributed by atoms with Crippen LogP contribution in [0.5, 0.6) is 11.5 Å². The van der Waals surface area contributed by atoms with Crippen molar-refractivity contribution in [3.8, 4) is 11.5 Å². The molecule has 2 N–H and O–H groups in total. The van der Waals surface area contributed by atoms with Crippen molar-refractivity contribution in [1.29, 1.82) is 0 Å². The van der Waals surface area contributed by atoms with Gasteiger partial charge < -0.3 is 10.2 Å². The first kappa shape index (κ1) is 42.9. The Hall–Kier alpha value is -2.70. The maximum Gasteiger partial charge on any atom is 0.128 e. The van der Waals surface area contributed by atoms with Crippen LogP contribution in [-0.4, -0.2) is 81.8 Å². The van der Waals surface area contributed by atoms with Gasteiger partial charge in [0.25, 0.3) is 0 Å². The van der Waals surface area contributed by atoms with Crippen LogP contribution in [0.1, 0.15) is 188 Å². The molecule has 5 atom stereocenters. The van der Waals surface area contributed by atoms with Crippen LogP contribution < -0.4 is 0 Å². The largest absolute Gasteiger partial charge is 0.507 e. The van der Waals surface area contributed by atoms with Gasteiger partial charge in [0, 0.05) is 71.9 Å². The standard InChI is InChI=1S/C50H78N4O2/c1-32-43(44(32)54(37-20-16-14-17-21-37)38-22-18-15-19-23-38)53-30-41(51-28-33-24-35(47(2,3)4)26-39(45(33)55)49(8,9)10)42(31-53)52-29-34-25-36(48(5,6)7)27-40(46(34)56)50(11,12)13/h24-29,32,37-38,41-44,55-56H,14-23,30-31H2,1-13H3/t32?,41-,42-,43?,44?/m0/s1. The number of phenols is 2. The molecule has 0 aromatic heterocycles. The number of aliphatic imine (C=N–C) groups is 2. The number of phenolic OH excluding ortho intramolecular Hbond substituents is 2. The molecule has 2 aromatic carbocycles. The Morgan fingerprint density at radius 3 is 1.29 bits per heavy atom. The van der Waals surface area contributed by atoms with Crippen molar-refractivity contribution in [3.05, 3.63) is 57.6 Å². The molecule has 0 amide bonds. The molecule has 3 aliphatic carbocycles. The van der Waals surface area contributed by atoms with E-state index in [-0.39, 0.29) is 33.7 Å². The van der Waals surface area contributed by atoms with Gasteiger partial charge in [-0.3, -0.25) is 19.8 Å². The van der Waals surface area contributed by atoms with Crippen molar-refractivity contribution in [1.82, 2.24) is 9.80 Å². The molecule has 6 rings (SSSR count). The maximum atomic E-state index is 11.7. The second-order valence-electron chi connectivity index (χ2n) is 22.4. The van der Waals surface area contributed by atoms with Crippen LogP contribution in [0.25, 0.3) is 0 Å². The Balaban J connectivity index is 1.37. The van der Waals surface area contributed by atoms with Gasteiger partial charge >= 0.3 is 0 Å². The molecule has 3 saturated carbocycles. The van der Waals surface area contributed by atoms with Crippen LogP contribution in [0.2, 0.25) is 0 Å². The Morgan fingerprint density at radius 2 is 0.946 bits per heavy atom. The third kappa shape index (κ3) is 9.43. The summed E-state index contributed by atoms with van der Waals surface area (Å²) in [6.07, 6.45) is 17.6. The Morgan fingerprint density at radius 1 is 0.571 bits per heavy atom. The van der Waals surface area contributed by atoms with E-state index in [2.05, 4.69) is 124 Å². The highest BCUT2D eigenvalue weighted by atomic mass is 16.3. The summed E-state index contributed by atoms with van der Waals surface area (Å²) < 4.78 is 0. The van der Waals surface area contributed by atoms with Gasteiger partial charge in [0.2, 0.25) is 0 Å². The second-order valence-corrected chi connectivity index (χ2v) is 22.4. The SMILES string of the molecule is CC1C(N2C[C@H](N=Cc3cc(C(C)(C)C)cc(C(C)(C)C)c3O)[C@@H](N=Cc3cc(C(C)(C)C)cc(C(C)(C)C)c3O)C2)C1N(C1CCCCC1)C1CCCCC1. The summed E-state index contributed by atoms with van der Waals surface area (Å²) in [5.74, 6) is 1.28. The normalized spacial score (nSPS) is 26.6. The zero-order chi connectivity index (χ0) is 41.0. The first-order chi connectivity index (χ1) is 26.1. The van der Waals surface area contributed by atoms with Gasteiger partial charge in [-0.15, -0.1) is 0 Å². The lowest BCUT2D eigenvalue weighted by Crippen LogP contribution is -2.49. The predicted molar refractivity (Wildman–Crippen MR) is 238 cm³/mol. The Kier molecular flexibility index (Phi) is 12.4. The number of hydrogen-bond acceptors (Lipinski definition) is 6. The fourth-order valence-corrected chi connectivity index (χ4v) is 10.2. The van der Waals surface area contributed by atoms with Crippen molar-refractivity contribution < 1.29 is 10.2 Å². The van der Waals surface area contributed by atoms with Crippen molar-refractivity contribution in [3.63, 3.8) is 0 Å². The van der Waals surface area contributed by atoms with Gasteiger partial charge in [0.1, 0.15) is 11.5 Å². The van der Waals surface area contributed by atoms with Crippen LogP contribution in [0.15, 0.2) is 34.3 Å². The number of rotatable bonds is 8. The van der Waals surface area contributed by atoms with Gasteiger partial charge in [0.15, 0.2) is 0 Å². The highest BCUT2D eigenvalue weighted by Gasteiger charge is 2.58. The van der Waals surface area contributed by atoms with Crippen molar-refractivity contribution in [2.24, 2.45) is 15.9 Å². The van der Waals surface area contributed by atoms with E-state index in [0.717, 1.165) is 47.4 Å². The maximum absolute atomic E-state index is 11.7. The third-order valence-electron chi connectivity index (χ3n) is 13.8. The summed E-state index contributed by atoms with van der Waals surface area (Å²) >= 11 is 0. The zero-order valence-corrected chi connectivity index (χ0v) is 37.7. The van der Waals surface area contributed by atoms with E-state index >= 15 is 0 Å². The molecule has 6 heteroatoms. The fraction of sp³-hybridized carbons (Fsp3) is 0.720. The van der Waals surface area contributed by atoms with Crippen LogP contribution in [0.3, 0.4) is 0 Å². The highest BCUT2D eigenvalue weighted by Crippen LogP contribution is 2.48. The Bertz CT molecular complexity index is 1620. The quantitative estimate of drug-likeness (QED) is 0.263. The van der Waals surface area contributed by atoms with Gasteiger partial charge in [-0.1, -0.05) is 141 Å². The molecule has 0 spiro atoms. The second kappa shape index (κ2) is 16.2. The van der Waals surface area contributed by atoms with Gasteiger partial charge in [0.05, 0.1) is 12.1 Å². The summed E-state index contributed by atoms with van der Waals surface area (Å²) in [5, 5.41) is 23.4. The average Bonchev–Trinajstić information content (AvgIpc) is 3.58. The van der Waals surface area contributed by atoms with E-state index in [9.17, 15) is 10.2 Å². The summed E-state index contributed by atoms with van der Waals surface area (Å²) in [6, 6.07) is 11.0. The molecule has 3 unspecified atom stereocenters. The average molecular weight is 767 g/mol. The van der Waals surface area contributed by atoms with E-state index in [1.165, 1.54) is 75.3 Å². The molecule has 310 valence electrons. The Labute approximate surface area is 341 Å². The van der Waals surface area contributed by atoms with E-state index in [4.69, 9.17) is 9.98 Å². The lowest BCUT2D eigenvalue weighted by molar-refractivity contribution is 0.0598. The molecule has 4 fully saturated rings.